The normalized spacial score (nSPS) is 35.3. The zero-order valence-electron chi connectivity index (χ0n) is 18.3. The Kier molecular flexibility index (Phi) is 7.47. The van der Waals surface area contributed by atoms with Crippen LogP contribution in [-0.2, 0) is 14.3 Å². The molecule has 0 amide bonds. The molecule has 1 saturated carbocycles. The first-order chi connectivity index (χ1) is 13.5. The van der Waals surface area contributed by atoms with Crippen LogP contribution in [0.2, 0.25) is 0 Å². The molecule has 6 nitrogen and oxygen atoms in total. The van der Waals surface area contributed by atoms with Crippen LogP contribution in [-0.4, -0.2) is 52.5 Å². The predicted molar refractivity (Wildman–Crippen MR) is 110 cm³/mol. The third kappa shape index (κ3) is 4.81. The minimum Gasteiger partial charge on any atom is -0.454 e. The summed E-state index contributed by atoms with van der Waals surface area (Å²) in [6.45, 7) is 9.36. The minimum absolute atomic E-state index is 0.0344. The van der Waals surface area contributed by atoms with Crippen LogP contribution in [0, 0.1) is 22.7 Å². The molecule has 2 rings (SSSR count). The Labute approximate surface area is 173 Å². The van der Waals surface area contributed by atoms with Gasteiger partial charge in [-0.3, -0.25) is 4.79 Å². The van der Waals surface area contributed by atoms with Crippen molar-refractivity contribution in [2.24, 2.45) is 22.7 Å². The number of ketones is 1. The van der Waals surface area contributed by atoms with Crippen LogP contribution in [0.5, 0.6) is 0 Å². The number of carbonyl (C=O) groups is 2. The molecule has 0 bridgehead atoms. The average Bonchev–Trinajstić information content (AvgIpc) is 2.65. The largest absolute Gasteiger partial charge is 0.454 e. The molecule has 29 heavy (non-hydrogen) atoms. The number of fused-ring (bicyclic) bond motifs is 1. The fourth-order valence-corrected chi connectivity index (χ4v) is 5.27. The molecule has 2 aliphatic rings. The first-order valence-electron chi connectivity index (χ1n) is 10.5. The number of aliphatic hydroxyl groups excluding tert-OH is 3. The molecule has 2 aliphatic carbocycles. The van der Waals surface area contributed by atoms with E-state index in [0.717, 1.165) is 17.6 Å². The molecule has 164 valence electrons. The van der Waals surface area contributed by atoms with E-state index >= 15 is 0 Å². The number of esters is 1. The van der Waals surface area contributed by atoms with Crippen LogP contribution < -0.4 is 0 Å². The van der Waals surface area contributed by atoms with Gasteiger partial charge in [-0.1, -0.05) is 31.9 Å². The summed E-state index contributed by atoms with van der Waals surface area (Å²) in [5.41, 5.74) is 1.41. The summed E-state index contributed by atoms with van der Waals surface area (Å²) in [6.07, 6.45) is 4.29. The molecule has 0 spiro atoms. The minimum atomic E-state index is -0.915. The highest BCUT2D eigenvalue weighted by Gasteiger charge is 2.57. The predicted octanol–water partition coefficient (Wildman–Crippen LogP) is 2.56. The monoisotopic (exact) mass is 408 g/mol. The Morgan fingerprint density at radius 3 is 2.55 bits per heavy atom. The van der Waals surface area contributed by atoms with Gasteiger partial charge in [0, 0.05) is 12.5 Å². The van der Waals surface area contributed by atoms with E-state index in [-0.39, 0.29) is 28.4 Å². The molecule has 3 N–H and O–H groups in total. The number of rotatable bonds is 7. The van der Waals surface area contributed by atoms with Gasteiger partial charge < -0.3 is 20.1 Å². The zero-order valence-corrected chi connectivity index (χ0v) is 18.3. The molecule has 0 aromatic carbocycles. The standard InChI is InChI=1S/C23H36O6/c1-14(8-21(28)29-18(12-24)13-25)6-7-22(4)16(3)19(27)11-23(5)15(2)9-17(26)10-20(22)23/h8-9,16,18-20,24-25,27H,6-7,10-13H2,1-5H3/t16-,19-,20-,22+,23+/m0/s1. The Bertz CT molecular complexity index is 691. The van der Waals surface area contributed by atoms with Gasteiger partial charge in [0.05, 0.1) is 19.3 Å². The third-order valence-corrected chi connectivity index (χ3v) is 7.61. The lowest BCUT2D eigenvalue weighted by Crippen LogP contribution is -2.55. The molecule has 0 radical (unpaired) electrons. The number of allylic oxidation sites excluding steroid dienone is 3. The smallest absolute Gasteiger partial charge is 0.331 e. The fraction of sp³-hybridized carbons (Fsp3) is 0.739. The second kappa shape index (κ2) is 9.11. The number of hydrogen-bond acceptors (Lipinski definition) is 6. The molecular formula is C23H36O6. The van der Waals surface area contributed by atoms with Crippen LogP contribution in [0.4, 0.5) is 0 Å². The van der Waals surface area contributed by atoms with Crippen LogP contribution in [0.1, 0.15) is 60.3 Å². The third-order valence-electron chi connectivity index (χ3n) is 7.61. The van der Waals surface area contributed by atoms with Crippen molar-refractivity contribution >= 4 is 11.8 Å². The lowest BCUT2D eigenvalue weighted by Gasteiger charge is -2.59. The maximum atomic E-state index is 12.3. The molecule has 1 fully saturated rings. The summed E-state index contributed by atoms with van der Waals surface area (Å²) in [5.74, 6) is -0.269. The van der Waals surface area contributed by atoms with E-state index in [2.05, 4.69) is 20.8 Å². The number of aliphatic hydroxyl groups is 3. The van der Waals surface area contributed by atoms with Crippen LogP contribution in [0.25, 0.3) is 0 Å². The number of carbonyl (C=O) groups excluding carboxylic acids is 2. The van der Waals surface area contributed by atoms with E-state index in [1.54, 1.807) is 6.08 Å². The van der Waals surface area contributed by atoms with Gasteiger partial charge in [0.25, 0.3) is 0 Å². The topological polar surface area (TPSA) is 104 Å². The van der Waals surface area contributed by atoms with Gasteiger partial charge in [-0.05, 0) is 61.9 Å². The van der Waals surface area contributed by atoms with Crippen LogP contribution in [0.15, 0.2) is 23.3 Å². The van der Waals surface area contributed by atoms with Crippen molar-refractivity contribution in [2.75, 3.05) is 13.2 Å². The Balaban J connectivity index is 2.18. The van der Waals surface area contributed by atoms with Crippen molar-refractivity contribution in [1.29, 1.82) is 0 Å². The Hall–Kier alpha value is -1.50. The summed E-state index contributed by atoms with van der Waals surface area (Å²) >= 11 is 0. The van der Waals surface area contributed by atoms with E-state index < -0.39 is 31.4 Å². The van der Waals surface area contributed by atoms with Crippen molar-refractivity contribution in [1.82, 2.24) is 0 Å². The van der Waals surface area contributed by atoms with Gasteiger partial charge in [-0.2, -0.15) is 0 Å². The van der Waals surface area contributed by atoms with Crippen molar-refractivity contribution in [3.05, 3.63) is 23.3 Å². The average molecular weight is 409 g/mol. The summed E-state index contributed by atoms with van der Waals surface area (Å²) in [6, 6.07) is 0. The first kappa shape index (κ1) is 23.8. The highest BCUT2D eigenvalue weighted by molar-refractivity contribution is 5.92. The second-order valence-electron chi connectivity index (χ2n) is 9.45. The molecule has 0 aromatic rings. The van der Waals surface area contributed by atoms with Crippen LogP contribution in [0.3, 0.4) is 0 Å². The fourth-order valence-electron chi connectivity index (χ4n) is 5.27. The van der Waals surface area contributed by atoms with Crippen molar-refractivity contribution in [3.63, 3.8) is 0 Å². The molecular weight excluding hydrogens is 372 g/mol. The van der Waals surface area contributed by atoms with Crippen molar-refractivity contribution in [3.8, 4) is 0 Å². The van der Waals surface area contributed by atoms with Gasteiger partial charge in [-0.15, -0.1) is 0 Å². The molecule has 0 aliphatic heterocycles. The zero-order chi connectivity index (χ0) is 22.0. The first-order valence-corrected chi connectivity index (χ1v) is 10.5. The van der Waals surface area contributed by atoms with E-state index in [1.165, 1.54) is 6.08 Å². The summed E-state index contributed by atoms with van der Waals surface area (Å²) in [5, 5.41) is 28.9. The highest BCUT2D eigenvalue weighted by Crippen LogP contribution is 2.61. The van der Waals surface area contributed by atoms with Gasteiger partial charge in [0.15, 0.2) is 5.78 Å². The lowest BCUT2D eigenvalue weighted by atomic mass is 9.46. The van der Waals surface area contributed by atoms with E-state index in [1.807, 2.05) is 13.8 Å². The van der Waals surface area contributed by atoms with E-state index in [0.29, 0.717) is 19.3 Å². The maximum absolute atomic E-state index is 12.3. The summed E-state index contributed by atoms with van der Waals surface area (Å²) in [7, 11) is 0. The molecule has 5 atom stereocenters. The molecule has 0 saturated heterocycles. The van der Waals surface area contributed by atoms with Gasteiger partial charge in [0.1, 0.15) is 6.10 Å². The molecule has 0 aromatic heterocycles. The van der Waals surface area contributed by atoms with Gasteiger partial charge in [0.2, 0.25) is 0 Å². The molecule has 0 heterocycles. The molecule has 0 unspecified atom stereocenters. The van der Waals surface area contributed by atoms with Crippen LogP contribution >= 0.6 is 0 Å². The van der Waals surface area contributed by atoms with Crippen molar-refractivity contribution in [2.45, 2.75) is 72.5 Å². The Morgan fingerprint density at radius 1 is 1.34 bits per heavy atom. The van der Waals surface area contributed by atoms with E-state index in [4.69, 9.17) is 14.9 Å². The van der Waals surface area contributed by atoms with Crippen molar-refractivity contribution < 1.29 is 29.6 Å². The summed E-state index contributed by atoms with van der Waals surface area (Å²) < 4.78 is 5.00. The quantitative estimate of drug-likeness (QED) is 0.442. The summed E-state index contributed by atoms with van der Waals surface area (Å²) in [4.78, 5) is 24.3. The molecule has 6 heteroatoms. The van der Waals surface area contributed by atoms with E-state index in [9.17, 15) is 14.7 Å². The highest BCUT2D eigenvalue weighted by atomic mass is 16.6. The number of ether oxygens (including phenoxy) is 1. The second-order valence-corrected chi connectivity index (χ2v) is 9.45. The van der Waals surface area contributed by atoms with Gasteiger partial charge >= 0.3 is 5.97 Å². The number of hydrogen-bond donors (Lipinski definition) is 3. The maximum Gasteiger partial charge on any atom is 0.331 e. The lowest BCUT2D eigenvalue weighted by molar-refractivity contribution is -0.147. The van der Waals surface area contributed by atoms with Gasteiger partial charge in [-0.25, -0.2) is 4.79 Å². The SMILES string of the molecule is CC(=CC(=O)OC(CO)CO)CC[C@]1(C)[C@@H](C)[C@@H](O)C[C@]2(C)C(C)=CC(=O)C[C@@H]12. The Morgan fingerprint density at radius 2 is 1.97 bits per heavy atom.